The van der Waals surface area contributed by atoms with Gasteiger partial charge >= 0.3 is 0 Å². The summed E-state index contributed by atoms with van der Waals surface area (Å²) in [5, 5.41) is 0. The molecule has 0 N–H and O–H groups in total. The highest BCUT2D eigenvalue weighted by atomic mass is 35.5. The van der Waals surface area contributed by atoms with E-state index in [2.05, 4.69) is 24.3 Å². The molecule has 2 rings (SSSR count). The highest BCUT2D eigenvalue weighted by molar-refractivity contribution is 6.17. The first-order valence-corrected chi connectivity index (χ1v) is 6.56. The second-order valence-corrected chi connectivity index (χ2v) is 4.91. The molecule has 0 aliphatic heterocycles. The van der Waals surface area contributed by atoms with Crippen LogP contribution in [0, 0.1) is 5.92 Å². The Kier molecular flexibility index (Phi) is 4.08. The van der Waals surface area contributed by atoms with Crippen molar-refractivity contribution < 1.29 is 0 Å². The average Bonchev–Trinajstić information content (AvgIpc) is 2.22. The van der Waals surface area contributed by atoms with Crippen LogP contribution in [0.3, 0.4) is 0 Å². The van der Waals surface area contributed by atoms with Gasteiger partial charge in [0.1, 0.15) is 0 Å². The molecule has 82 valence electrons. The van der Waals surface area contributed by atoms with Crippen molar-refractivity contribution in [3.63, 3.8) is 0 Å². The molecule has 1 heteroatoms. The Morgan fingerprint density at radius 2 is 2.00 bits per heavy atom. The van der Waals surface area contributed by atoms with Gasteiger partial charge in [0.15, 0.2) is 0 Å². The SMILES string of the molecule is ClCc1cccc(CCCC2CCC2)c1. The lowest BCUT2D eigenvalue weighted by molar-refractivity contribution is 0.290. The zero-order valence-electron chi connectivity index (χ0n) is 9.21. The van der Waals surface area contributed by atoms with Crippen molar-refractivity contribution in [1.29, 1.82) is 0 Å². The highest BCUT2D eigenvalue weighted by Crippen LogP contribution is 2.30. The van der Waals surface area contributed by atoms with Gasteiger partial charge in [0.25, 0.3) is 0 Å². The fraction of sp³-hybridized carbons (Fsp3) is 0.571. The van der Waals surface area contributed by atoms with E-state index in [-0.39, 0.29) is 0 Å². The van der Waals surface area contributed by atoms with Crippen molar-refractivity contribution in [1.82, 2.24) is 0 Å². The maximum atomic E-state index is 5.81. The topological polar surface area (TPSA) is 0 Å². The Hall–Kier alpha value is -0.490. The van der Waals surface area contributed by atoms with Gasteiger partial charge in [-0.15, -0.1) is 11.6 Å². The summed E-state index contributed by atoms with van der Waals surface area (Å²) < 4.78 is 0. The molecular formula is C14H19Cl. The van der Waals surface area contributed by atoms with Crippen LogP contribution in [0.15, 0.2) is 24.3 Å². The standard InChI is InChI=1S/C14H19Cl/c15-11-14-9-3-8-13(10-14)7-2-6-12-4-1-5-12/h3,8-10,12H,1-2,4-7,11H2. The van der Waals surface area contributed by atoms with Crippen LogP contribution in [0.4, 0.5) is 0 Å². The lowest BCUT2D eigenvalue weighted by Crippen LogP contribution is -2.10. The van der Waals surface area contributed by atoms with Crippen LogP contribution in [0.25, 0.3) is 0 Å². The van der Waals surface area contributed by atoms with Crippen LogP contribution in [-0.2, 0) is 12.3 Å². The Labute approximate surface area is 97.6 Å². The van der Waals surface area contributed by atoms with E-state index in [1.54, 1.807) is 0 Å². The van der Waals surface area contributed by atoms with E-state index in [1.165, 1.54) is 49.7 Å². The fourth-order valence-corrected chi connectivity index (χ4v) is 2.41. The van der Waals surface area contributed by atoms with Gasteiger partial charge in [0.2, 0.25) is 0 Å². The van der Waals surface area contributed by atoms with Gasteiger partial charge in [-0.2, -0.15) is 0 Å². The molecule has 0 spiro atoms. The molecule has 0 unspecified atom stereocenters. The molecule has 1 aromatic rings. The van der Waals surface area contributed by atoms with E-state index in [0.717, 1.165) is 5.92 Å². The molecule has 0 heterocycles. The van der Waals surface area contributed by atoms with Gasteiger partial charge < -0.3 is 0 Å². The lowest BCUT2D eigenvalue weighted by Gasteiger charge is -2.25. The number of alkyl halides is 1. The van der Waals surface area contributed by atoms with Gasteiger partial charge in [-0.3, -0.25) is 0 Å². The van der Waals surface area contributed by atoms with E-state index in [0.29, 0.717) is 5.88 Å². The Morgan fingerprint density at radius 1 is 1.20 bits per heavy atom. The Bertz CT molecular complexity index is 302. The molecule has 1 saturated carbocycles. The maximum absolute atomic E-state index is 5.81. The molecule has 0 atom stereocenters. The first-order chi connectivity index (χ1) is 7.38. The molecule has 1 aliphatic carbocycles. The summed E-state index contributed by atoms with van der Waals surface area (Å²) in [6.07, 6.45) is 8.40. The van der Waals surface area contributed by atoms with Crippen LogP contribution in [0.2, 0.25) is 0 Å². The van der Waals surface area contributed by atoms with Crippen molar-refractivity contribution in [2.45, 2.75) is 44.4 Å². The van der Waals surface area contributed by atoms with E-state index in [4.69, 9.17) is 11.6 Å². The zero-order valence-corrected chi connectivity index (χ0v) is 9.97. The van der Waals surface area contributed by atoms with Crippen LogP contribution >= 0.6 is 11.6 Å². The van der Waals surface area contributed by atoms with Crippen molar-refractivity contribution >= 4 is 11.6 Å². The van der Waals surface area contributed by atoms with Crippen molar-refractivity contribution in [2.24, 2.45) is 5.92 Å². The van der Waals surface area contributed by atoms with Crippen LogP contribution in [0.1, 0.15) is 43.2 Å². The summed E-state index contributed by atoms with van der Waals surface area (Å²) in [4.78, 5) is 0. The first kappa shape index (κ1) is 11.0. The predicted octanol–water partition coefficient (Wildman–Crippen LogP) is 4.55. The molecule has 0 amide bonds. The molecule has 15 heavy (non-hydrogen) atoms. The first-order valence-electron chi connectivity index (χ1n) is 6.02. The number of rotatable bonds is 5. The number of hydrogen-bond donors (Lipinski definition) is 0. The normalized spacial score (nSPS) is 16.3. The van der Waals surface area contributed by atoms with Gasteiger partial charge in [0.05, 0.1) is 0 Å². The van der Waals surface area contributed by atoms with Crippen LogP contribution in [0.5, 0.6) is 0 Å². The van der Waals surface area contributed by atoms with Gasteiger partial charge in [0, 0.05) is 5.88 Å². The molecule has 1 aliphatic rings. The van der Waals surface area contributed by atoms with E-state index < -0.39 is 0 Å². The molecule has 0 radical (unpaired) electrons. The second-order valence-electron chi connectivity index (χ2n) is 4.64. The number of aryl methyl sites for hydroxylation is 1. The van der Waals surface area contributed by atoms with Crippen molar-refractivity contribution in [3.8, 4) is 0 Å². The summed E-state index contributed by atoms with van der Waals surface area (Å²) in [6, 6.07) is 8.68. The minimum Gasteiger partial charge on any atom is -0.122 e. The van der Waals surface area contributed by atoms with E-state index in [1.807, 2.05) is 0 Å². The summed E-state index contributed by atoms with van der Waals surface area (Å²) in [7, 11) is 0. The Balaban J connectivity index is 1.76. The third-order valence-corrected chi connectivity index (χ3v) is 3.76. The van der Waals surface area contributed by atoms with Gasteiger partial charge in [-0.25, -0.2) is 0 Å². The molecule has 1 fully saturated rings. The summed E-state index contributed by atoms with van der Waals surface area (Å²) in [5.74, 6) is 1.68. The quantitative estimate of drug-likeness (QED) is 0.642. The molecule has 0 saturated heterocycles. The van der Waals surface area contributed by atoms with E-state index in [9.17, 15) is 0 Å². The molecular weight excluding hydrogens is 204 g/mol. The molecule has 0 aromatic heterocycles. The highest BCUT2D eigenvalue weighted by Gasteiger charge is 2.16. The van der Waals surface area contributed by atoms with Gasteiger partial charge in [-0.05, 0) is 29.9 Å². The van der Waals surface area contributed by atoms with Crippen LogP contribution < -0.4 is 0 Å². The second kappa shape index (κ2) is 5.55. The maximum Gasteiger partial charge on any atom is 0.0474 e. The molecule has 0 nitrogen and oxygen atoms in total. The third kappa shape index (κ3) is 3.24. The van der Waals surface area contributed by atoms with Crippen molar-refractivity contribution in [2.75, 3.05) is 0 Å². The minimum atomic E-state index is 0.635. The summed E-state index contributed by atoms with van der Waals surface area (Å²) in [5.41, 5.74) is 2.70. The zero-order chi connectivity index (χ0) is 10.5. The minimum absolute atomic E-state index is 0.635. The third-order valence-electron chi connectivity index (χ3n) is 3.45. The molecule has 1 aromatic carbocycles. The monoisotopic (exact) mass is 222 g/mol. The van der Waals surface area contributed by atoms with Gasteiger partial charge in [-0.1, -0.05) is 49.9 Å². The van der Waals surface area contributed by atoms with E-state index >= 15 is 0 Å². The lowest BCUT2D eigenvalue weighted by atomic mass is 9.81. The number of hydrogen-bond acceptors (Lipinski definition) is 0. The number of benzene rings is 1. The predicted molar refractivity (Wildman–Crippen MR) is 66.3 cm³/mol. The number of halogens is 1. The fourth-order valence-electron chi connectivity index (χ4n) is 2.24. The average molecular weight is 223 g/mol. The van der Waals surface area contributed by atoms with Crippen LogP contribution in [-0.4, -0.2) is 0 Å². The molecule has 0 bridgehead atoms. The Morgan fingerprint density at radius 3 is 2.67 bits per heavy atom. The largest absolute Gasteiger partial charge is 0.122 e. The van der Waals surface area contributed by atoms with Crippen molar-refractivity contribution in [3.05, 3.63) is 35.4 Å². The summed E-state index contributed by atoms with van der Waals surface area (Å²) >= 11 is 5.81. The smallest absolute Gasteiger partial charge is 0.0474 e. The summed E-state index contributed by atoms with van der Waals surface area (Å²) in [6.45, 7) is 0.